The molecule has 1 aliphatic carbocycles. The summed E-state index contributed by atoms with van der Waals surface area (Å²) in [5.74, 6) is -2.92. The number of aromatic nitrogens is 3. The first-order chi connectivity index (χ1) is 15.7. The van der Waals surface area contributed by atoms with Gasteiger partial charge in [0.2, 0.25) is 0 Å². The fourth-order valence-corrected chi connectivity index (χ4v) is 3.90. The summed E-state index contributed by atoms with van der Waals surface area (Å²) >= 11 is 0. The first-order valence-electron chi connectivity index (χ1n) is 10.7. The number of hydrogen-bond acceptors (Lipinski definition) is 6. The smallest absolute Gasteiger partial charge is 0.270 e. The third kappa shape index (κ3) is 4.30. The largest absolute Gasteiger partial charge is 0.486 e. The van der Waals surface area contributed by atoms with Crippen molar-refractivity contribution in [2.75, 3.05) is 6.54 Å². The molecule has 2 fully saturated rings. The Hall–Kier alpha value is -3.40. The number of rotatable bonds is 6. The molecule has 1 amide bonds. The lowest BCUT2D eigenvalue weighted by Gasteiger charge is -2.45. The lowest BCUT2D eigenvalue weighted by molar-refractivity contribution is -0.0415. The Morgan fingerprint density at radius 1 is 1.30 bits per heavy atom. The summed E-state index contributed by atoms with van der Waals surface area (Å²) < 4.78 is 31.9. The van der Waals surface area contributed by atoms with Crippen molar-refractivity contribution in [3.05, 3.63) is 63.8 Å². The van der Waals surface area contributed by atoms with Crippen molar-refractivity contribution in [1.82, 2.24) is 25.2 Å². The Labute approximate surface area is 188 Å². The molecule has 4 heterocycles. The number of nitrogens with one attached hydrogen (secondary N) is 2. The molecule has 10 heteroatoms. The molecule has 33 heavy (non-hydrogen) atoms. The number of fused-ring (bicyclic) bond motifs is 1. The minimum Gasteiger partial charge on any atom is -0.486 e. The molecule has 0 unspecified atom stereocenters. The minimum atomic E-state index is -2.82. The van der Waals surface area contributed by atoms with Gasteiger partial charge in [-0.2, -0.15) is 0 Å². The Balaban J connectivity index is 1.16. The van der Waals surface area contributed by atoms with E-state index >= 15 is 0 Å². The molecular formula is C23H23F2N5O3. The van der Waals surface area contributed by atoms with Gasteiger partial charge in [-0.25, -0.2) is 13.8 Å². The van der Waals surface area contributed by atoms with Crippen LogP contribution in [0.2, 0.25) is 0 Å². The van der Waals surface area contributed by atoms with E-state index in [2.05, 4.69) is 32.1 Å². The summed E-state index contributed by atoms with van der Waals surface area (Å²) in [6.07, 6.45) is 2.86. The van der Waals surface area contributed by atoms with Crippen LogP contribution >= 0.6 is 0 Å². The quantitative estimate of drug-likeness (QED) is 0.592. The highest BCUT2D eigenvalue weighted by Gasteiger charge is 2.58. The van der Waals surface area contributed by atoms with Crippen molar-refractivity contribution in [3.8, 4) is 5.75 Å². The molecule has 0 radical (unpaired) electrons. The van der Waals surface area contributed by atoms with E-state index in [9.17, 15) is 18.4 Å². The molecular weight excluding hydrogens is 432 g/mol. The van der Waals surface area contributed by atoms with Gasteiger partial charge < -0.3 is 15.0 Å². The summed E-state index contributed by atoms with van der Waals surface area (Å²) in [6.45, 7) is 5.17. The zero-order valence-electron chi connectivity index (χ0n) is 18.1. The molecule has 2 N–H and O–H groups in total. The highest BCUT2D eigenvalue weighted by atomic mass is 19.3. The summed E-state index contributed by atoms with van der Waals surface area (Å²) in [7, 11) is 0. The number of H-pyrrole nitrogens is 1. The predicted molar refractivity (Wildman–Crippen MR) is 116 cm³/mol. The molecule has 172 valence electrons. The summed E-state index contributed by atoms with van der Waals surface area (Å²) in [5, 5.41) is 2.27. The van der Waals surface area contributed by atoms with Crippen LogP contribution in [0.4, 0.5) is 8.78 Å². The maximum absolute atomic E-state index is 13.0. The van der Waals surface area contributed by atoms with Crippen molar-refractivity contribution in [2.45, 2.75) is 50.9 Å². The average Bonchev–Trinajstić information content (AvgIpc) is 3.39. The summed E-state index contributed by atoms with van der Waals surface area (Å²) in [4.78, 5) is 37.4. The lowest BCUT2D eigenvalue weighted by atomic mass is 10.00. The Morgan fingerprint density at radius 2 is 2.09 bits per heavy atom. The number of carbonyl (C=O) groups excluding carboxylic acids is 1. The summed E-state index contributed by atoms with van der Waals surface area (Å²) in [5.41, 5.74) is 3.05. The molecule has 1 saturated carbocycles. The van der Waals surface area contributed by atoms with Gasteiger partial charge >= 0.3 is 0 Å². The second kappa shape index (κ2) is 7.87. The number of nitrogens with zero attached hydrogens (tertiary/aromatic N) is 3. The first kappa shape index (κ1) is 21.4. The van der Waals surface area contributed by atoms with Gasteiger partial charge in [-0.1, -0.05) is 0 Å². The number of pyridine rings is 3. The fourth-order valence-electron chi connectivity index (χ4n) is 3.90. The van der Waals surface area contributed by atoms with E-state index in [1.807, 2.05) is 12.3 Å². The monoisotopic (exact) mass is 455 g/mol. The maximum atomic E-state index is 13.0. The molecule has 3 aromatic rings. The number of amides is 1. The number of carbonyl (C=O) groups is 1. The van der Waals surface area contributed by atoms with Gasteiger partial charge in [-0.15, -0.1) is 0 Å². The van der Waals surface area contributed by atoms with Gasteiger partial charge in [0, 0.05) is 37.3 Å². The number of hydrogen-bond donors (Lipinski definition) is 2. The number of halogens is 2. The van der Waals surface area contributed by atoms with Crippen molar-refractivity contribution in [2.24, 2.45) is 0 Å². The van der Waals surface area contributed by atoms with Gasteiger partial charge in [0.05, 0.1) is 23.3 Å². The number of alkyl halides is 2. The summed E-state index contributed by atoms with van der Waals surface area (Å²) in [6, 6.07) is 5.83. The van der Waals surface area contributed by atoms with Crippen molar-refractivity contribution in [3.63, 3.8) is 0 Å². The third-order valence-corrected chi connectivity index (χ3v) is 6.24. The van der Waals surface area contributed by atoms with E-state index in [4.69, 9.17) is 4.74 Å². The van der Waals surface area contributed by atoms with Crippen LogP contribution in [0.5, 0.6) is 5.75 Å². The van der Waals surface area contributed by atoms with E-state index in [-0.39, 0.29) is 29.8 Å². The van der Waals surface area contributed by atoms with Crippen molar-refractivity contribution < 1.29 is 18.3 Å². The van der Waals surface area contributed by atoms with E-state index in [0.717, 1.165) is 11.1 Å². The Kier molecular flexibility index (Phi) is 5.12. The molecule has 2 aliphatic rings. The van der Waals surface area contributed by atoms with Gasteiger partial charge in [0.25, 0.3) is 17.4 Å². The van der Waals surface area contributed by atoms with E-state index in [0.29, 0.717) is 29.9 Å². The maximum Gasteiger partial charge on any atom is 0.270 e. The molecule has 0 spiro atoms. The number of aryl methyl sites for hydroxylation is 1. The third-order valence-electron chi connectivity index (χ3n) is 6.24. The topological polar surface area (TPSA) is 100 Å². The molecule has 3 atom stereocenters. The molecule has 8 nitrogen and oxygen atoms in total. The molecule has 0 bridgehead atoms. The van der Waals surface area contributed by atoms with Gasteiger partial charge in [0.15, 0.2) is 0 Å². The van der Waals surface area contributed by atoms with E-state index < -0.39 is 17.9 Å². The molecule has 1 aliphatic heterocycles. The zero-order chi connectivity index (χ0) is 23.3. The molecule has 0 aromatic carbocycles. The van der Waals surface area contributed by atoms with Crippen LogP contribution in [0.1, 0.15) is 35.0 Å². The van der Waals surface area contributed by atoms with E-state index in [1.165, 1.54) is 12.3 Å². The second-order valence-corrected chi connectivity index (χ2v) is 8.75. The van der Waals surface area contributed by atoms with Crippen LogP contribution in [-0.2, 0) is 6.54 Å². The fraction of sp³-hybridized carbons (Fsp3) is 0.391. The zero-order valence-corrected chi connectivity index (χ0v) is 18.1. The van der Waals surface area contributed by atoms with Crippen LogP contribution in [-0.4, -0.2) is 56.4 Å². The van der Waals surface area contributed by atoms with Crippen molar-refractivity contribution in [1.29, 1.82) is 0 Å². The van der Waals surface area contributed by atoms with Crippen molar-refractivity contribution >= 4 is 16.9 Å². The SMILES string of the molecule is Cc1cc2ncc(CN3C[C@H](Oc4ccc(C(=O)N[C@H]5CC5(F)F)nc4)[C@H]3C)cc2[nH]c1=O. The molecule has 1 saturated heterocycles. The Bertz CT molecular complexity index is 1280. The van der Waals surface area contributed by atoms with Crippen LogP contribution in [0, 0.1) is 6.92 Å². The standard InChI is InChI=1S/C23H23F2N5O3/c1-12-5-17-18(28-21(12)31)6-14(8-26-17)10-30-11-19(13(30)2)33-15-3-4-16(27-9-15)22(32)29-20-7-23(20,24)25/h3-6,8-9,13,19-20H,7,10-11H2,1-2H3,(H,28,31)(H,29,32)/t13-,19+,20+/m1/s1. The molecule has 3 aromatic heterocycles. The van der Waals surface area contributed by atoms with Crippen LogP contribution in [0.25, 0.3) is 11.0 Å². The Morgan fingerprint density at radius 3 is 2.76 bits per heavy atom. The predicted octanol–water partition coefficient (Wildman–Crippen LogP) is 2.42. The highest BCUT2D eigenvalue weighted by Crippen LogP contribution is 2.41. The number of aromatic amines is 1. The van der Waals surface area contributed by atoms with E-state index in [1.54, 1.807) is 19.1 Å². The average molecular weight is 455 g/mol. The highest BCUT2D eigenvalue weighted by molar-refractivity contribution is 5.92. The normalized spacial score (nSPS) is 23.7. The van der Waals surface area contributed by atoms with Crippen LogP contribution in [0.3, 0.4) is 0 Å². The molecule has 5 rings (SSSR count). The number of likely N-dealkylation sites (tertiary alicyclic amines) is 1. The van der Waals surface area contributed by atoms with Crippen LogP contribution in [0.15, 0.2) is 41.5 Å². The van der Waals surface area contributed by atoms with Gasteiger partial charge in [-0.05, 0) is 43.7 Å². The lowest BCUT2D eigenvalue weighted by Crippen LogP contribution is -2.60. The number of ether oxygens (including phenoxy) is 1. The van der Waals surface area contributed by atoms with Crippen LogP contribution < -0.4 is 15.6 Å². The first-order valence-corrected chi connectivity index (χ1v) is 10.7. The second-order valence-electron chi connectivity index (χ2n) is 8.75. The minimum absolute atomic E-state index is 0.0486. The van der Waals surface area contributed by atoms with Gasteiger partial charge in [0.1, 0.15) is 17.5 Å². The van der Waals surface area contributed by atoms with Gasteiger partial charge in [-0.3, -0.25) is 19.5 Å².